The zero-order valence-corrected chi connectivity index (χ0v) is 10.3. The number of rotatable bonds is 3. The lowest BCUT2D eigenvalue weighted by Crippen LogP contribution is -2.01. The predicted octanol–water partition coefficient (Wildman–Crippen LogP) is 2.93. The largest absolute Gasteiger partial charge is 0.467 e. The van der Waals surface area contributed by atoms with Crippen LogP contribution < -0.4 is 10.1 Å². The molecule has 0 unspecified atom stereocenters. The number of aromatic nitrogens is 3. The van der Waals surface area contributed by atoms with Gasteiger partial charge in [0.25, 0.3) is 0 Å². The molecule has 0 aliphatic rings. The van der Waals surface area contributed by atoms with Crippen LogP contribution in [0, 0.1) is 0 Å². The van der Waals surface area contributed by atoms with Crippen LogP contribution in [0.3, 0.4) is 0 Å². The van der Waals surface area contributed by atoms with E-state index in [1.54, 1.807) is 12.1 Å². The molecule has 1 aromatic heterocycles. The van der Waals surface area contributed by atoms with E-state index in [0.717, 1.165) is 0 Å². The van der Waals surface area contributed by atoms with Crippen molar-refractivity contribution in [2.75, 3.05) is 12.4 Å². The number of halogens is 2. The maximum atomic E-state index is 5.99. The lowest BCUT2D eigenvalue weighted by molar-refractivity contribution is 0.379. The molecular formula is C10H8Cl2N4O. The lowest BCUT2D eigenvalue weighted by atomic mass is 10.3. The third kappa shape index (κ3) is 2.95. The highest BCUT2D eigenvalue weighted by Gasteiger charge is 2.06. The Bertz CT molecular complexity index is 535. The van der Waals surface area contributed by atoms with E-state index in [0.29, 0.717) is 10.7 Å². The van der Waals surface area contributed by atoms with Crippen LogP contribution in [0.15, 0.2) is 24.3 Å². The number of benzene rings is 1. The third-order valence-electron chi connectivity index (χ3n) is 1.89. The molecule has 1 aromatic carbocycles. The van der Waals surface area contributed by atoms with Gasteiger partial charge in [0.2, 0.25) is 11.2 Å². The zero-order chi connectivity index (χ0) is 12.3. The van der Waals surface area contributed by atoms with E-state index >= 15 is 0 Å². The summed E-state index contributed by atoms with van der Waals surface area (Å²) < 4.78 is 4.88. The molecule has 88 valence electrons. The molecule has 0 aliphatic carbocycles. The first-order valence-electron chi connectivity index (χ1n) is 4.66. The molecule has 0 amide bonds. The number of nitrogens with zero attached hydrogens (tertiary/aromatic N) is 3. The first-order chi connectivity index (χ1) is 8.19. The van der Waals surface area contributed by atoms with Crippen molar-refractivity contribution in [1.82, 2.24) is 15.0 Å². The van der Waals surface area contributed by atoms with E-state index in [4.69, 9.17) is 27.9 Å². The predicted molar refractivity (Wildman–Crippen MR) is 66.1 cm³/mol. The van der Waals surface area contributed by atoms with Crippen molar-refractivity contribution >= 4 is 34.8 Å². The quantitative estimate of drug-likeness (QED) is 0.929. The summed E-state index contributed by atoms with van der Waals surface area (Å²) in [4.78, 5) is 11.7. The second-order valence-electron chi connectivity index (χ2n) is 3.02. The van der Waals surface area contributed by atoms with Crippen molar-refractivity contribution in [2.24, 2.45) is 0 Å². The van der Waals surface area contributed by atoms with Gasteiger partial charge in [0.05, 0.1) is 17.8 Å². The zero-order valence-electron chi connectivity index (χ0n) is 8.82. The summed E-state index contributed by atoms with van der Waals surface area (Å²) in [6.07, 6.45) is 0. The maximum absolute atomic E-state index is 5.99. The van der Waals surface area contributed by atoms with Gasteiger partial charge < -0.3 is 10.1 Å². The van der Waals surface area contributed by atoms with Crippen molar-refractivity contribution in [3.8, 4) is 6.01 Å². The van der Waals surface area contributed by atoms with Crippen LogP contribution in [0.25, 0.3) is 0 Å². The Morgan fingerprint density at radius 1 is 1.12 bits per heavy atom. The summed E-state index contributed by atoms with van der Waals surface area (Å²) in [5.41, 5.74) is 0.679. The Labute approximate surface area is 108 Å². The Hall–Kier alpha value is -1.59. The van der Waals surface area contributed by atoms with Crippen molar-refractivity contribution in [1.29, 1.82) is 0 Å². The first kappa shape index (κ1) is 11.9. The Kier molecular flexibility index (Phi) is 3.61. The van der Waals surface area contributed by atoms with Gasteiger partial charge in [-0.3, -0.25) is 0 Å². The van der Waals surface area contributed by atoms with Crippen molar-refractivity contribution in [2.45, 2.75) is 0 Å². The standard InChI is InChI=1S/C10H8Cl2N4O/c1-17-10-15-8(12)14-9(16-10)13-7-5-3-2-4-6(7)11/h2-5H,1H3,(H,13,14,15,16). The van der Waals surface area contributed by atoms with E-state index in [1.807, 2.05) is 12.1 Å². The van der Waals surface area contributed by atoms with Gasteiger partial charge in [-0.2, -0.15) is 15.0 Å². The highest BCUT2D eigenvalue weighted by molar-refractivity contribution is 6.33. The van der Waals surface area contributed by atoms with E-state index in [-0.39, 0.29) is 17.2 Å². The summed E-state index contributed by atoms with van der Waals surface area (Å²) in [7, 11) is 1.45. The highest BCUT2D eigenvalue weighted by atomic mass is 35.5. The van der Waals surface area contributed by atoms with Gasteiger partial charge in [0.1, 0.15) is 0 Å². The molecule has 0 aliphatic heterocycles. The van der Waals surface area contributed by atoms with Crippen LogP contribution in [0.1, 0.15) is 0 Å². The van der Waals surface area contributed by atoms with E-state index < -0.39 is 0 Å². The lowest BCUT2D eigenvalue weighted by Gasteiger charge is -2.07. The molecule has 0 fully saturated rings. The molecule has 0 radical (unpaired) electrons. The molecule has 2 rings (SSSR count). The molecule has 5 nitrogen and oxygen atoms in total. The normalized spacial score (nSPS) is 10.1. The van der Waals surface area contributed by atoms with Crippen molar-refractivity contribution < 1.29 is 4.74 Å². The van der Waals surface area contributed by atoms with Crippen LogP contribution in [-0.4, -0.2) is 22.1 Å². The average Bonchev–Trinajstić information content (AvgIpc) is 2.31. The first-order valence-corrected chi connectivity index (χ1v) is 5.42. The molecule has 1 heterocycles. The van der Waals surface area contributed by atoms with E-state index in [9.17, 15) is 0 Å². The fourth-order valence-corrected chi connectivity index (χ4v) is 1.50. The molecule has 0 bridgehead atoms. The summed E-state index contributed by atoms with van der Waals surface area (Å²) in [5.74, 6) is 0.273. The molecule has 1 N–H and O–H groups in total. The highest BCUT2D eigenvalue weighted by Crippen LogP contribution is 2.24. The molecule has 0 spiro atoms. The fourth-order valence-electron chi connectivity index (χ4n) is 1.16. The Morgan fingerprint density at radius 2 is 1.88 bits per heavy atom. The second kappa shape index (κ2) is 5.16. The van der Waals surface area contributed by atoms with Gasteiger partial charge in [0.15, 0.2) is 0 Å². The molecule has 17 heavy (non-hydrogen) atoms. The number of anilines is 2. The van der Waals surface area contributed by atoms with Crippen LogP contribution >= 0.6 is 23.2 Å². The molecule has 0 atom stereocenters. The fraction of sp³-hybridized carbons (Fsp3) is 0.100. The second-order valence-corrected chi connectivity index (χ2v) is 3.76. The Morgan fingerprint density at radius 3 is 2.59 bits per heavy atom. The molecule has 7 heteroatoms. The topological polar surface area (TPSA) is 59.9 Å². The van der Waals surface area contributed by atoms with E-state index in [1.165, 1.54) is 7.11 Å². The number of nitrogens with one attached hydrogen (secondary N) is 1. The summed E-state index contributed by atoms with van der Waals surface area (Å²) in [5, 5.41) is 3.54. The van der Waals surface area contributed by atoms with Gasteiger partial charge in [-0.25, -0.2) is 0 Å². The minimum Gasteiger partial charge on any atom is -0.467 e. The minimum atomic E-state index is 0.0476. The maximum Gasteiger partial charge on any atom is 0.322 e. The van der Waals surface area contributed by atoms with E-state index in [2.05, 4.69) is 20.3 Å². The van der Waals surface area contributed by atoms with Crippen LogP contribution in [0.5, 0.6) is 6.01 Å². The number of ether oxygens (including phenoxy) is 1. The summed E-state index contributed by atoms with van der Waals surface area (Å²) in [6, 6.07) is 7.36. The summed E-state index contributed by atoms with van der Waals surface area (Å²) >= 11 is 11.7. The van der Waals surface area contributed by atoms with Gasteiger partial charge >= 0.3 is 6.01 Å². The Balaban J connectivity index is 2.30. The number of hydrogen-bond acceptors (Lipinski definition) is 5. The number of hydrogen-bond donors (Lipinski definition) is 1. The molecule has 0 saturated heterocycles. The van der Waals surface area contributed by atoms with Gasteiger partial charge in [-0.1, -0.05) is 23.7 Å². The number of para-hydroxylation sites is 1. The average molecular weight is 271 g/mol. The SMILES string of the molecule is COc1nc(Cl)nc(Nc2ccccc2Cl)n1. The van der Waals surface area contributed by atoms with Crippen molar-refractivity contribution in [3.63, 3.8) is 0 Å². The molecule has 2 aromatic rings. The van der Waals surface area contributed by atoms with Gasteiger partial charge in [-0.15, -0.1) is 0 Å². The summed E-state index contributed by atoms with van der Waals surface area (Å²) in [6.45, 7) is 0. The van der Waals surface area contributed by atoms with Crippen LogP contribution in [0.2, 0.25) is 10.3 Å². The van der Waals surface area contributed by atoms with Gasteiger partial charge in [0, 0.05) is 0 Å². The molecular weight excluding hydrogens is 263 g/mol. The van der Waals surface area contributed by atoms with Gasteiger partial charge in [-0.05, 0) is 23.7 Å². The monoisotopic (exact) mass is 270 g/mol. The van der Waals surface area contributed by atoms with Crippen molar-refractivity contribution in [3.05, 3.63) is 34.6 Å². The number of methoxy groups -OCH3 is 1. The molecule has 0 saturated carbocycles. The minimum absolute atomic E-state index is 0.0476. The smallest absolute Gasteiger partial charge is 0.322 e. The van der Waals surface area contributed by atoms with Crippen LogP contribution in [0.4, 0.5) is 11.6 Å². The van der Waals surface area contributed by atoms with Crippen LogP contribution in [-0.2, 0) is 0 Å². The third-order valence-corrected chi connectivity index (χ3v) is 2.39.